The molecule has 0 aliphatic heterocycles. The second-order valence-corrected chi connectivity index (χ2v) is 7.39. The van der Waals surface area contributed by atoms with Crippen LogP contribution in [0.25, 0.3) is 0 Å². The molecule has 0 spiro atoms. The molecule has 3 aliphatic rings. The molecule has 3 rings (SSSR count). The fraction of sp³-hybridized carbons (Fsp3) is 0.722. The molecule has 4 nitrogen and oxygen atoms in total. The van der Waals surface area contributed by atoms with Crippen molar-refractivity contribution in [3.63, 3.8) is 0 Å². The zero-order valence-corrected chi connectivity index (χ0v) is 16.1. The molecule has 0 bridgehead atoms. The van der Waals surface area contributed by atoms with E-state index in [1.165, 1.54) is 51.4 Å². The van der Waals surface area contributed by atoms with Crippen LogP contribution in [0.15, 0.2) is 22.3 Å². The second-order valence-electron chi connectivity index (χ2n) is 5.80. The van der Waals surface area contributed by atoms with Crippen LogP contribution in [0.2, 0.25) is 4.22 Å². The predicted octanol–water partition coefficient (Wildman–Crippen LogP) is 2.43. The van der Waals surface area contributed by atoms with Crippen LogP contribution in [-0.4, -0.2) is 20.2 Å². The van der Waals surface area contributed by atoms with Crippen LogP contribution in [-0.2, 0) is 27.7 Å². The third-order valence-electron chi connectivity index (χ3n) is 4.66. The van der Waals surface area contributed by atoms with E-state index in [1.807, 2.05) is 6.92 Å². The summed E-state index contributed by atoms with van der Waals surface area (Å²) in [6, 6.07) is 0. The first-order chi connectivity index (χ1) is 11.3. The Labute approximate surface area is 149 Å². The molecule has 23 heavy (non-hydrogen) atoms. The van der Waals surface area contributed by atoms with Gasteiger partial charge in [-0.15, -0.1) is 0 Å². The first kappa shape index (κ1) is 20.6. The predicted molar refractivity (Wildman–Crippen MR) is 83.0 cm³/mol. The van der Waals surface area contributed by atoms with Crippen molar-refractivity contribution in [2.75, 3.05) is 14.2 Å². The van der Waals surface area contributed by atoms with Crippen molar-refractivity contribution in [1.82, 2.24) is 0 Å². The first-order valence-corrected chi connectivity index (χ1v) is 10.1. The van der Waals surface area contributed by atoms with Gasteiger partial charge in [0.2, 0.25) is 0 Å². The molecule has 0 aromatic rings. The van der Waals surface area contributed by atoms with Crippen LogP contribution in [0, 0.1) is 0 Å². The van der Waals surface area contributed by atoms with Gasteiger partial charge in [-0.25, -0.2) is 0 Å². The van der Waals surface area contributed by atoms with E-state index < -0.39 is 19.5 Å². The summed E-state index contributed by atoms with van der Waals surface area (Å²) in [5.41, 5.74) is 6.76. The van der Waals surface area contributed by atoms with Crippen molar-refractivity contribution in [2.24, 2.45) is 0 Å². The normalized spacial score (nSPS) is 19.5. The number of rotatable bonds is 3. The smallest absolute Gasteiger partial charge is 0.153 e. The fourth-order valence-electron chi connectivity index (χ4n) is 3.73. The Hall–Kier alpha value is -0.416. The van der Waals surface area contributed by atoms with Gasteiger partial charge in [-0.3, -0.25) is 0 Å². The Bertz CT molecular complexity index is 422. The minimum Gasteiger partial charge on any atom is -0.857 e. The van der Waals surface area contributed by atoms with Gasteiger partial charge in [0.05, 0.1) is 0 Å². The van der Waals surface area contributed by atoms with Crippen molar-refractivity contribution in [1.29, 1.82) is 0 Å². The summed E-state index contributed by atoms with van der Waals surface area (Å²) in [6.45, 7) is 1.89. The molecule has 0 unspecified atom stereocenters. The van der Waals surface area contributed by atoms with Gasteiger partial charge in [-0.2, -0.15) is 14.2 Å². The molecular formula is C18H28O4Ti. The molecule has 0 saturated carbocycles. The average molecular weight is 356 g/mol. The number of carbonyl (C=O) groups is 1. The molecule has 128 valence electrons. The van der Waals surface area contributed by atoms with Gasteiger partial charge in [-0.1, -0.05) is 0 Å². The van der Waals surface area contributed by atoms with Crippen LogP contribution in [0.3, 0.4) is 0 Å². The van der Waals surface area contributed by atoms with Gasteiger partial charge in [-0.05, 0) is 0 Å². The van der Waals surface area contributed by atoms with Crippen LogP contribution >= 0.6 is 0 Å². The molecule has 0 saturated heterocycles. The number of fused-ring (bicyclic) bond motifs is 1. The minimum absolute atomic E-state index is 0.00261. The zero-order chi connectivity index (χ0) is 17.2. The molecule has 0 fully saturated rings. The standard InChI is InChI=1S/C13H17.C3H6O2.2CH3O.Ti/c1-3-7-12-10(5-1)9-11-6-2-4-8-13(11)12;1-2-3(4)5;2*1-2;/h9H,1-8H2;2H2,1H3,(H,4,5);2*1H3;/q;;2*-1;+3/p-1. The van der Waals surface area contributed by atoms with E-state index in [0.29, 0.717) is 10.6 Å². The summed E-state index contributed by atoms with van der Waals surface area (Å²) in [6.07, 6.45) is 11.0. The largest absolute Gasteiger partial charge is 0.857 e. The van der Waals surface area contributed by atoms with Crippen molar-refractivity contribution >= 4 is 5.97 Å². The summed E-state index contributed by atoms with van der Waals surface area (Å²) in [4.78, 5) is 11.5. The summed E-state index contributed by atoms with van der Waals surface area (Å²) in [5, 5.41) is 16.5. The second kappa shape index (κ2) is 11.2. The van der Waals surface area contributed by atoms with E-state index in [1.54, 1.807) is 22.3 Å². The van der Waals surface area contributed by atoms with Crippen molar-refractivity contribution in [3.8, 4) is 0 Å². The molecule has 0 amide bonds. The van der Waals surface area contributed by atoms with Crippen LogP contribution in [0.1, 0.15) is 64.7 Å². The van der Waals surface area contributed by atoms with Crippen molar-refractivity contribution in [3.05, 3.63) is 22.3 Å². The third-order valence-corrected chi connectivity index (χ3v) is 6.66. The van der Waals surface area contributed by atoms with E-state index >= 15 is 0 Å². The van der Waals surface area contributed by atoms with E-state index in [2.05, 4.69) is 0 Å². The van der Waals surface area contributed by atoms with Gasteiger partial charge < -0.3 is 10.2 Å². The molecule has 0 aromatic heterocycles. The first-order valence-electron chi connectivity index (χ1n) is 8.52. The minimum atomic E-state index is -0.630. The third kappa shape index (κ3) is 5.03. The number of carbonyl (C=O) groups excluding carboxylic acids is 1. The molecule has 0 radical (unpaired) electrons. The molecule has 0 N–H and O–H groups in total. The molecule has 0 heterocycles. The SMILES string of the molecule is CCC(=O)[O][Ti+2][CH]1C2=C(CCCC2)C2=C1CCCC2.C[O-].C[O-]. The maximum Gasteiger partial charge on any atom is -0.153 e. The van der Waals surface area contributed by atoms with Crippen LogP contribution < -0.4 is 10.2 Å². The Morgan fingerprint density at radius 2 is 1.39 bits per heavy atom. The maximum atomic E-state index is 11.5. The van der Waals surface area contributed by atoms with Crippen LogP contribution in [0.4, 0.5) is 0 Å². The van der Waals surface area contributed by atoms with Crippen molar-refractivity contribution < 1.29 is 37.9 Å². The quantitative estimate of drug-likeness (QED) is 0.728. The molecule has 0 aromatic carbocycles. The Morgan fingerprint density at radius 1 is 0.957 bits per heavy atom. The van der Waals surface area contributed by atoms with Gasteiger partial charge in [0.1, 0.15) is 0 Å². The summed E-state index contributed by atoms with van der Waals surface area (Å²) < 4.78 is 6.16. The summed E-state index contributed by atoms with van der Waals surface area (Å²) in [7, 11) is 1.50. The Morgan fingerprint density at radius 3 is 1.83 bits per heavy atom. The zero-order valence-electron chi connectivity index (χ0n) is 14.6. The Balaban J connectivity index is 0.000000615. The van der Waals surface area contributed by atoms with E-state index in [0.717, 1.165) is 14.2 Å². The van der Waals surface area contributed by atoms with E-state index in [-0.39, 0.29) is 5.97 Å². The van der Waals surface area contributed by atoms with E-state index in [9.17, 15) is 4.79 Å². The molecule has 5 heteroatoms. The fourth-order valence-corrected chi connectivity index (χ4v) is 5.79. The van der Waals surface area contributed by atoms with Gasteiger partial charge in [0.15, 0.2) is 0 Å². The average Bonchev–Trinajstić information content (AvgIpc) is 2.97. The van der Waals surface area contributed by atoms with Crippen LogP contribution in [0.5, 0.6) is 0 Å². The number of hydrogen-bond acceptors (Lipinski definition) is 4. The maximum absolute atomic E-state index is 11.5. The monoisotopic (exact) mass is 356 g/mol. The van der Waals surface area contributed by atoms with E-state index in [4.69, 9.17) is 13.5 Å². The van der Waals surface area contributed by atoms with Gasteiger partial charge in [0.25, 0.3) is 0 Å². The summed E-state index contributed by atoms with van der Waals surface area (Å²) >= 11 is -0.630. The molecular weight excluding hydrogens is 328 g/mol. The number of allylic oxidation sites excluding steroid dienone is 4. The molecule has 0 atom stereocenters. The van der Waals surface area contributed by atoms with Crippen molar-refractivity contribution in [2.45, 2.75) is 68.9 Å². The van der Waals surface area contributed by atoms with Gasteiger partial charge >= 0.3 is 125 Å². The summed E-state index contributed by atoms with van der Waals surface area (Å²) in [5.74, 6) is 0.00261. The Kier molecular flexibility index (Phi) is 10.0. The molecule has 3 aliphatic carbocycles. The van der Waals surface area contributed by atoms with Gasteiger partial charge in [0, 0.05) is 0 Å². The topological polar surface area (TPSA) is 72.4 Å². The number of hydrogen-bond donors (Lipinski definition) is 0.